The van der Waals surface area contributed by atoms with E-state index in [0.717, 1.165) is 27.5 Å². The summed E-state index contributed by atoms with van der Waals surface area (Å²) in [6.07, 6.45) is 1.68. The number of benzene rings is 2. The van der Waals surface area contributed by atoms with Gasteiger partial charge in [-0.1, -0.05) is 36.4 Å². The molecule has 1 N–H and O–H groups in total. The van der Waals surface area contributed by atoms with Gasteiger partial charge in [0.25, 0.3) is 0 Å². The first-order chi connectivity index (χ1) is 12.8. The third-order valence-corrected chi connectivity index (χ3v) is 4.45. The molecule has 0 aliphatic rings. The van der Waals surface area contributed by atoms with Crippen molar-refractivity contribution >= 4 is 27.8 Å². The molecule has 0 fully saturated rings. The normalized spacial score (nSPS) is 11.2. The van der Waals surface area contributed by atoms with Crippen molar-refractivity contribution in [2.75, 3.05) is 6.61 Å². The van der Waals surface area contributed by atoms with Crippen LogP contribution in [-0.4, -0.2) is 27.2 Å². The molecular formula is C21H18N2O3. The summed E-state index contributed by atoms with van der Waals surface area (Å²) in [6, 6.07) is 17.8. The lowest BCUT2D eigenvalue weighted by molar-refractivity contribution is 0.0516. The van der Waals surface area contributed by atoms with Crippen molar-refractivity contribution in [1.82, 2.24) is 9.55 Å². The molecule has 0 saturated carbocycles. The van der Waals surface area contributed by atoms with Gasteiger partial charge in [0.05, 0.1) is 24.2 Å². The second-order valence-corrected chi connectivity index (χ2v) is 5.91. The largest absolute Gasteiger partial charge is 0.461 e. The Balaban J connectivity index is 2.15. The zero-order valence-electron chi connectivity index (χ0n) is 14.3. The number of aromatic nitrogens is 2. The maximum absolute atomic E-state index is 12.3. The van der Waals surface area contributed by atoms with Gasteiger partial charge in [0.2, 0.25) is 0 Å². The average Bonchev–Trinajstić information content (AvgIpc) is 3.02. The number of carbonyl (C=O) groups is 1. The molecule has 0 atom stereocenters. The molecule has 130 valence electrons. The predicted molar refractivity (Wildman–Crippen MR) is 100 cm³/mol. The first-order valence-corrected chi connectivity index (χ1v) is 8.50. The molecule has 2 heterocycles. The van der Waals surface area contributed by atoms with Gasteiger partial charge < -0.3 is 14.4 Å². The van der Waals surface area contributed by atoms with E-state index >= 15 is 0 Å². The first-order valence-electron chi connectivity index (χ1n) is 8.50. The fraction of sp³-hybridized carbons (Fsp3) is 0.143. The van der Waals surface area contributed by atoms with Crippen molar-refractivity contribution < 1.29 is 14.6 Å². The number of esters is 1. The fourth-order valence-electron chi connectivity index (χ4n) is 3.38. The number of hydrogen-bond donors (Lipinski definition) is 1. The van der Waals surface area contributed by atoms with E-state index < -0.39 is 5.97 Å². The Hall–Kier alpha value is -3.18. The number of fused-ring (bicyclic) bond motifs is 3. The minimum Gasteiger partial charge on any atom is -0.461 e. The molecule has 0 aliphatic heterocycles. The van der Waals surface area contributed by atoms with Crippen LogP contribution in [0, 0.1) is 0 Å². The first kappa shape index (κ1) is 16.3. The monoisotopic (exact) mass is 346 g/mol. The molecule has 0 spiro atoms. The third-order valence-electron chi connectivity index (χ3n) is 4.45. The Kier molecular flexibility index (Phi) is 4.14. The van der Waals surface area contributed by atoms with Crippen LogP contribution in [0.4, 0.5) is 0 Å². The van der Waals surface area contributed by atoms with Crippen molar-refractivity contribution in [3.05, 3.63) is 72.1 Å². The summed E-state index contributed by atoms with van der Waals surface area (Å²) < 4.78 is 7.17. The Labute approximate surface area is 150 Å². The lowest BCUT2D eigenvalue weighted by atomic mass is 10.1. The maximum atomic E-state index is 12.3. The van der Waals surface area contributed by atoms with E-state index in [4.69, 9.17) is 4.74 Å². The summed E-state index contributed by atoms with van der Waals surface area (Å²) in [5.74, 6) is -0.525. The SMILES string of the molecule is CCOC(=O)c1ncc2c3ccccc3n(-c3ccccc3)c2c1CO. The molecule has 4 rings (SSSR count). The van der Waals surface area contributed by atoms with Crippen LogP contribution in [0.5, 0.6) is 0 Å². The summed E-state index contributed by atoms with van der Waals surface area (Å²) in [4.78, 5) is 16.6. The van der Waals surface area contributed by atoms with E-state index in [-0.39, 0.29) is 18.9 Å². The van der Waals surface area contributed by atoms with E-state index in [1.807, 2.05) is 54.6 Å². The van der Waals surface area contributed by atoms with Crippen molar-refractivity contribution in [2.45, 2.75) is 13.5 Å². The van der Waals surface area contributed by atoms with Gasteiger partial charge in [-0.05, 0) is 25.1 Å². The van der Waals surface area contributed by atoms with Crippen molar-refractivity contribution in [1.29, 1.82) is 0 Å². The minimum atomic E-state index is -0.525. The van der Waals surface area contributed by atoms with Crippen LogP contribution < -0.4 is 0 Å². The van der Waals surface area contributed by atoms with Crippen molar-refractivity contribution in [3.8, 4) is 5.69 Å². The Morgan fingerprint density at radius 2 is 1.81 bits per heavy atom. The standard InChI is InChI=1S/C21H18N2O3/c1-2-26-21(25)19-17(13-24)20-16(12-22-19)15-10-6-7-11-18(15)23(20)14-8-4-3-5-9-14/h3-12,24H,2,13H2,1H3. The molecule has 2 aromatic heterocycles. The van der Waals surface area contributed by atoms with Crippen LogP contribution in [0.3, 0.4) is 0 Å². The zero-order chi connectivity index (χ0) is 18.1. The highest BCUT2D eigenvalue weighted by atomic mass is 16.5. The predicted octanol–water partition coefficient (Wildman–Crippen LogP) is 3.85. The van der Waals surface area contributed by atoms with E-state index in [2.05, 4.69) is 9.55 Å². The van der Waals surface area contributed by atoms with Crippen molar-refractivity contribution in [3.63, 3.8) is 0 Å². The number of para-hydroxylation sites is 2. The van der Waals surface area contributed by atoms with E-state index in [0.29, 0.717) is 5.56 Å². The Morgan fingerprint density at radius 1 is 1.08 bits per heavy atom. The van der Waals surface area contributed by atoms with Gasteiger partial charge in [-0.2, -0.15) is 0 Å². The van der Waals surface area contributed by atoms with Gasteiger partial charge in [-0.15, -0.1) is 0 Å². The molecule has 5 nitrogen and oxygen atoms in total. The van der Waals surface area contributed by atoms with Crippen molar-refractivity contribution in [2.24, 2.45) is 0 Å². The highest BCUT2D eigenvalue weighted by molar-refractivity contribution is 6.11. The molecule has 2 aromatic carbocycles. The van der Waals surface area contributed by atoms with Crippen LogP contribution in [-0.2, 0) is 11.3 Å². The highest BCUT2D eigenvalue weighted by Gasteiger charge is 2.22. The molecule has 0 unspecified atom stereocenters. The molecule has 26 heavy (non-hydrogen) atoms. The number of rotatable bonds is 4. The third kappa shape index (κ3) is 2.45. The van der Waals surface area contributed by atoms with Gasteiger partial charge in [0.1, 0.15) is 0 Å². The summed E-state index contributed by atoms with van der Waals surface area (Å²) >= 11 is 0. The van der Waals surface area contributed by atoms with Gasteiger partial charge in [0.15, 0.2) is 5.69 Å². The van der Waals surface area contributed by atoms with E-state index in [1.165, 1.54) is 0 Å². The second kappa shape index (κ2) is 6.61. The average molecular weight is 346 g/mol. The molecular weight excluding hydrogens is 328 g/mol. The number of nitrogens with zero attached hydrogens (tertiary/aromatic N) is 2. The summed E-state index contributed by atoms with van der Waals surface area (Å²) in [7, 11) is 0. The lowest BCUT2D eigenvalue weighted by Gasteiger charge is -2.12. The fourth-order valence-corrected chi connectivity index (χ4v) is 3.38. The molecule has 0 radical (unpaired) electrons. The molecule has 0 aliphatic carbocycles. The van der Waals surface area contributed by atoms with Gasteiger partial charge in [-0.3, -0.25) is 0 Å². The number of carbonyl (C=O) groups excluding carboxylic acids is 1. The van der Waals surface area contributed by atoms with Gasteiger partial charge in [0, 0.05) is 28.2 Å². The topological polar surface area (TPSA) is 64.3 Å². The summed E-state index contributed by atoms with van der Waals surface area (Å²) in [6.45, 7) is 1.70. The number of hydrogen-bond acceptors (Lipinski definition) is 4. The zero-order valence-corrected chi connectivity index (χ0v) is 14.3. The molecule has 0 saturated heterocycles. The second-order valence-electron chi connectivity index (χ2n) is 5.91. The van der Waals surface area contributed by atoms with Crippen LogP contribution >= 0.6 is 0 Å². The highest BCUT2D eigenvalue weighted by Crippen LogP contribution is 2.34. The van der Waals surface area contributed by atoms with Crippen LogP contribution in [0.15, 0.2) is 60.8 Å². The Morgan fingerprint density at radius 3 is 2.54 bits per heavy atom. The summed E-state index contributed by atoms with van der Waals surface area (Å²) in [5.41, 5.74) is 3.35. The van der Waals surface area contributed by atoms with Crippen LogP contribution in [0.25, 0.3) is 27.5 Å². The lowest BCUT2D eigenvalue weighted by Crippen LogP contribution is -2.12. The number of pyridine rings is 1. The number of aliphatic hydroxyl groups excluding tert-OH is 1. The van der Waals surface area contributed by atoms with E-state index in [1.54, 1.807) is 13.1 Å². The number of ether oxygens (including phenoxy) is 1. The molecule has 4 aromatic rings. The number of aliphatic hydroxyl groups is 1. The summed E-state index contributed by atoms with van der Waals surface area (Å²) in [5, 5.41) is 12.0. The van der Waals surface area contributed by atoms with E-state index in [9.17, 15) is 9.90 Å². The quantitative estimate of drug-likeness (QED) is 0.570. The van der Waals surface area contributed by atoms with Gasteiger partial charge >= 0.3 is 5.97 Å². The molecule has 0 bridgehead atoms. The minimum absolute atomic E-state index is 0.154. The van der Waals surface area contributed by atoms with Crippen LogP contribution in [0.1, 0.15) is 23.0 Å². The molecule has 5 heteroatoms. The maximum Gasteiger partial charge on any atom is 0.357 e. The smallest absolute Gasteiger partial charge is 0.357 e. The Bertz CT molecular complexity index is 1100. The molecule has 0 amide bonds. The van der Waals surface area contributed by atoms with Gasteiger partial charge in [-0.25, -0.2) is 9.78 Å². The van der Waals surface area contributed by atoms with Crippen LogP contribution in [0.2, 0.25) is 0 Å².